The van der Waals surface area contributed by atoms with Crippen LogP contribution in [0.15, 0.2) is 0 Å². The quantitative estimate of drug-likeness (QED) is 0.700. The molecular formula is C12H25NO. The molecule has 1 N–H and O–H groups in total. The minimum atomic E-state index is -0.415. The van der Waals surface area contributed by atoms with Crippen LogP contribution in [0.3, 0.4) is 0 Å². The molecule has 0 aliphatic carbocycles. The van der Waals surface area contributed by atoms with Gasteiger partial charge in [-0.3, -0.25) is 4.90 Å². The SMILES string of the molecule is CC(C)C1(O)CCN(C(C)(C)C)CC1. The summed E-state index contributed by atoms with van der Waals surface area (Å²) < 4.78 is 0. The average molecular weight is 199 g/mol. The Bertz CT molecular complexity index is 185. The number of hydrogen-bond donors (Lipinski definition) is 1. The highest BCUT2D eigenvalue weighted by molar-refractivity contribution is 4.91. The van der Waals surface area contributed by atoms with Crippen LogP contribution in [0.2, 0.25) is 0 Å². The van der Waals surface area contributed by atoms with Gasteiger partial charge in [0.15, 0.2) is 0 Å². The Morgan fingerprint density at radius 1 is 1.14 bits per heavy atom. The Kier molecular flexibility index (Phi) is 3.27. The summed E-state index contributed by atoms with van der Waals surface area (Å²) in [4.78, 5) is 2.46. The van der Waals surface area contributed by atoms with Gasteiger partial charge in [-0.2, -0.15) is 0 Å². The molecule has 84 valence electrons. The predicted molar refractivity (Wildman–Crippen MR) is 60.3 cm³/mol. The lowest BCUT2D eigenvalue weighted by Crippen LogP contribution is -2.53. The van der Waals surface area contributed by atoms with Crippen molar-refractivity contribution in [3.8, 4) is 0 Å². The molecule has 1 aliphatic heterocycles. The Labute approximate surface area is 88.3 Å². The molecule has 0 amide bonds. The van der Waals surface area contributed by atoms with Gasteiger partial charge < -0.3 is 5.11 Å². The number of piperidine rings is 1. The van der Waals surface area contributed by atoms with E-state index in [1.54, 1.807) is 0 Å². The normalized spacial score (nSPS) is 24.2. The predicted octanol–water partition coefficient (Wildman–Crippen LogP) is 2.27. The first-order valence-corrected chi connectivity index (χ1v) is 5.73. The lowest BCUT2D eigenvalue weighted by atomic mass is 9.80. The van der Waals surface area contributed by atoms with Crippen LogP contribution in [-0.4, -0.2) is 34.2 Å². The van der Waals surface area contributed by atoms with Crippen LogP contribution in [0.4, 0.5) is 0 Å². The molecule has 0 radical (unpaired) electrons. The summed E-state index contributed by atoms with van der Waals surface area (Å²) in [6, 6.07) is 0. The molecule has 0 aromatic heterocycles. The van der Waals surface area contributed by atoms with E-state index in [4.69, 9.17) is 0 Å². The molecule has 0 unspecified atom stereocenters. The third kappa shape index (κ3) is 2.48. The van der Waals surface area contributed by atoms with Crippen molar-refractivity contribution in [3.05, 3.63) is 0 Å². The van der Waals surface area contributed by atoms with Gasteiger partial charge in [-0.25, -0.2) is 0 Å². The minimum absolute atomic E-state index is 0.248. The fourth-order valence-corrected chi connectivity index (χ4v) is 2.14. The topological polar surface area (TPSA) is 23.5 Å². The van der Waals surface area contributed by atoms with Gasteiger partial charge >= 0.3 is 0 Å². The Morgan fingerprint density at radius 3 is 1.86 bits per heavy atom. The Morgan fingerprint density at radius 2 is 1.57 bits per heavy atom. The molecular weight excluding hydrogens is 174 g/mol. The van der Waals surface area contributed by atoms with Gasteiger partial charge in [-0.05, 0) is 39.5 Å². The number of hydrogen-bond acceptors (Lipinski definition) is 2. The van der Waals surface area contributed by atoms with E-state index in [1.165, 1.54) is 0 Å². The second kappa shape index (κ2) is 3.82. The van der Waals surface area contributed by atoms with Crippen molar-refractivity contribution >= 4 is 0 Å². The molecule has 1 saturated heterocycles. The van der Waals surface area contributed by atoms with Crippen molar-refractivity contribution in [1.82, 2.24) is 4.90 Å². The van der Waals surface area contributed by atoms with Crippen LogP contribution in [0.1, 0.15) is 47.5 Å². The van der Waals surface area contributed by atoms with E-state index in [1.807, 2.05) is 0 Å². The van der Waals surface area contributed by atoms with Crippen molar-refractivity contribution in [2.75, 3.05) is 13.1 Å². The van der Waals surface area contributed by atoms with E-state index in [0.717, 1.165) is 25.9 Å². The molecule has 14 heavy (non-hydrogen) atoms. The van der Waals surface area contributed by atoms with Gasteiger partial charge in [-0.15, -0.1) is 0 Å². The summed E-state index contributed by atoms with van der Waals surface area (Å²) in [6.07, 6.45) is 1.84. The molecule has 1 fully saturated rings. The van der Waals surface area contributed by atoms with E-state index in [2.05, 4.69) is 39.5 Å². The van der Waals surface area contributed by atoms with E-state index < -0.39 is 5.60 Å². The zero-order valence-corrected chi connectivity index (χ0v) is 10.3. The molecule has 2 nitrogen and oxygen atoms in total. The summed E-state index contributed by atoms with van der Waals surface area (Å²) in [5.41, 5.74) is -0.167. The van der Waals surface area contributed by atoms with Gasteiger partial charge in [0.05, 0.1) is 5.60 Å². The lowest BCUT2D eigenvalue weighted by Gasteiger charge is -2.45. The molecule has 0 saturated carbocycles. The molecule has 1 rings (SSSR count). The van der Waals surface area contributed by atoms with Gasteiger partial charge in [-0.1, -0.05) is 13.8 Å². The minimum Gasteiger partial charge on any atom is -0.390 e. The molecule has 0 aromatic carbocycles. The van der Waals surface area contributed by atoms with Crippen LogP contribution in [-0.2, 0) is 0 Å². The maximum Gasteiger partial charge on any atom is 0.0694 e. The largest absolute Gasteiger partial charge is 0.390 e. The van der Waals surface area contributed by atoms with Crippen molar-refractivity contribution in [2.45, 2.75) is 58.6 Å². The van der Waals surface area contributed by atoms with E-state index in [9.17, 15) is 5.11 Å². The highest BCUT2D eigenvalue weighted by Crippen LogP contribution is 2.31. The summed E-state index contributed by atoms with van der Waals surface area (Å²) in [5.74, 6) is 0.379. The van der Waals surface area contributed by atoms with E-state index in [0.29, 0.717) is 5.92 Å². The summed E-state index contributed by atoms with van der Waals surface area (Å²) >= 11 is 0. The second-order valence-corrected chi connectivity index (χ2v) is 5.92. The molecule has 1 heterocycles. The van der Waals surface area contributed by atoms with Crippen molar-refractivity contribution in [3.63, 3.8) is 0 Å². The molecule has 0 spiro atoms. The molecule has 0 bridgehead atoms. The molecule has 1 aliphatic rings. The number of rotatable bonds is 1. The number of nitrogens with zero attached hydrogens (tertiary/aromatic N) is 1. The fourth-order valence-electron chi connectivity index (χ4n) is 2.14. The highest BCUT2D eigenvalue weighted by Gasteiger charge is 2.37. The maximum absolute atomic E-state index is 10.3. The third-order valence-corrected chi connectivity index (χ3v) is 3.65. The number of aliphatic hydroxyl groups is 1. The van der Waals surface area contributed by atoms with Crippen LogP contribution in [0.5, 0.6) is 0 Å². The third-order valence-electron chi connectivity index (χ3n) is 3.65. The molecule has 2 heteroatoms. The van der Waals surface area contributed by atoms with Crippen molar-refractivity contribution < 1.29 is 5.11 Å². The standard InChI is InChI=1S/C12H25NO/c1-10(2)12(14)6-8-13(9-7-12)11(3,4)5/h10,14H,6-9H2,1-5H3. The summed E-state index contributed by atoms with van der Waals surface area (Å²) in [5, 5.41) is 10.3. The zero-order chi connectivity index (χ0) is 11.0. The smallest absolute Gasteiger partial charge is 0.0694 e. The van der Waals surface area contributed by atoms with Crippen LogP contribution < -0.4 is 0 Å². The molecule has 0 atom stereocenters. The van der Waals surface area contributed by atoms with Crippen LogP contribution in [0.25, 0.3) is 0 Å². The van der Waals surface area contributed by atoms with Crippen LogP contribution in [0, 0.1) is 5.92 Å². The van der Waals surface area contributed by atoms with Crippen molar-refractivity contribution in [2.24, 2.45) is 5.92 Å². The van der Waals surface area contributed by atoms with Crippen molar-refractivity contribution in [1.29, 1.82) is 0 Å². The molecule has 0 aromatic rings. The Balaban J connectivity index is 2.54. The van der Waals surface area contributed by atoms with E-state index in [-0.39, 0.29) is 5.54 Å². The fraction of sp³-hybridized carbons (Fsp3) is 1.00. The zero-order valence-electron chi connectivity index (χ0n) is 10.3. The lowest BCUT2D eigenvalue weighted by molar-refractivity contribution is -0.0715. The maximum atomic E-state index is 10.3. The number of likely N-dealkylation sites (tertiary alicyclic amines) is 1. The van der Waals surface area contributed by atoms with Gasteiger partial charge in [0.1, 0.15) is 0 Å². The van der Waals surface area contributed by atoms with Gasteiger partial charge in [0, 0.05) is 18.6 Å². The second-order valence-electron chi connectivity index (χ2n) is 5.92. The van der Waals surface area contributed by atoms with Gasteiger partial charge in [0.2, 0.25) is 0 Å². The highest BCUT2D eigenvalue weighted by atomic mass is 16.3. The first kappa shape index (κ1) is 12.0. The van der Waals surface area contributed by atoms with Gasteiger partial charge in [0.25, 0.3) is 0 Å². The monoisotopic (exact) mass is 199 g/mol. The Hall–Kier alpha value is -0.0800. The summed E-state index contributed by atoms with van der Waals surface area (Å²) in [7, 11) is 0. The average Bonchev–Trinajstić information content (AvgIpc) is 2.03. The van der Waals surface area contributed by atoms with Crippen LogP contribution >= 0.6 is 0 Å². The van der Waals surface area contributed by atoms with E-state index >= 15 is 0 Å². The summed E-state index contributed by atoms with van der Waals surface area (Å²) in [6.45, 7) is 13.0. The first-order valence-electron chi connectivity index (χ1n) is 5.73. The first-order chi connectivity index (χ1) is 6.26.